The van der Waals surface area contributed by atoms with Crippen LogP contribution in [0.3, 0.4) is 0 Å². The summed E-state index contributed by atoms with van der Waals surface area (Å²) >= 11 is 1.86. The topological polar surface area (TPSA) is 181 Å². The van der Waals surface area contributed by atoms with E-state index in [2.05, 4.69) is 25.9 Å². The van der Waals surface area contributed by atoms with Crippen LogP contribution >= 0.6 is 22.6 Å². The lowest BCUT2D eigenvalue weighted by atomic mass is 10.0. The molecule has 0 fully saturated rings. The Hall–Kier alpha value is -3.03. The number of halogens is 1. The van der Waals surface area contributed by atoms with Gasteiger partial charge in [-0.3, -0.25) is 29.2 Å². The Morgan fingerprint density at radius 1 is 0.872 bits per heavy atom. The Balaban J connectivity index is 2.99. The third kappa shape index (κ3) is 13.5. The van der Waals surface area contributed by atoms with Crippen molar-refractivity contribution in [3.05, 3.63) is 35.9 Å². The van der Waals surface area contributed by atoms with Crippen LogP contribution in [0.25, 0.3) is 0 Å². The molecular weight excluding hydrogens is 613 g/mol. The number of amides is 3. The fourth-order valence-electron chi connectivity index (χ4n) is 3.84. The summed E-state index contributed by atoms with van der Waals surface area (Å²) < 4.78 is 0.291. The molecule has 0 aliphatic carbocycles. The summed E-state index contributed by atoms with van der Waals surface area (Å²) in [5.74, 6) is -1.45. The van der Waals surface area contributed by atoms with Crippen LogP contribution in [0, 0.1) is 0 Å². The molecule has 0 heterocycles. The number of guanidine groups is 1. The van der Waals surface area contributed by atoms with Crippen molar-refractivity contribution in [2.24, 2.45) is 21.5 Å². The SMILES string of the molecule is CCCC(NC(=O)CCCCN=C(N)N)C(=O)NC(Cc1ccccc1)C(=O)NC(CCC)C(=O)C(I)=NC. The second kappa shape index (κ2) is 19.1. The molecule has 39 heavy (non-hydrogen) atoms. The number of unbranched alkanes of at least 4 members (excludes halogenated alkanes) is 1. The van der Waals surface area contributed by atoms with E-state index in [1.807, 2.05) is 66.8 Å². The number of nitrogens with two attached hydrogens (primary N) is 2. The molecule has 0 bridgehead atoms. The molecule has 0 spiro atoms. The van der Waals surface area contributed by atoms with E-state index in [1.54, 1.807) is 0 Å². The van der Waals surface area contributed by atoms with Crippen LogP contribution in [0.1, 0.15) is 64.4 Å². The lowest BCUT2D eigenvalue weighted by molar-refractivity contribution is -0.133. The second-order valence-corrected chi connectivity index (χ2v) is 10.2. The smallest absolute Gasteiger partial charge is 0.243 e. The molecule has 216 valence electrons. The summed E-state index contributed by atoms with van der Waals surface area (Å²) in [6.45, 7) is 4.26. The van der Waals surface area contributed by atoms with Crippen LogP contribution in [-0.4, -0.2) is 64.9 Å². The maximum atomic E-state index is 13.4. The third-order valence-corrected chi connectivity index (χ3v) is 6.88. The van der Waals surface area contributed by atoms with Gasteiger partial charge in [0.1, 0.15) is 15.8 Å². The van der Waals surface area contributed by atoms with Crippen molar-refractivity contribution in [1.29, 1.82) is 0 Å². The van der Waals surface area contributed by atoms with Gasteiger partial charge in [0, 0.05) is 26.4 Å². The average Bonchev–Trinajstić information content (AvgIpc) is 2.91. The van der Waals surface area contributed by atoms with Crippen LogP contribution in [0.15, 0.2) is 40.3 Å². The van der Waals surface area contributed by atoms with Gasteiger partial charge in [-0.05, 0) is 53.8 Å². The lowest BCUT2D eigenvalue weighted by Gasteiger charge is -2.25. The van der Waals surface area contributed by atoms with Gasteiger partial charge >= 0.3 is 0 Å². The number of nitrogens with zero attached hydrogens (tertiary/aromatic N) is 2. The van der Waals surface area contributed by atoms with Crippen molar-refractivity contribution >= 4 is 55.8 Å². The number of Topliss-reactive ketones (excluding diaryl/α,β-unsaturated/α-hetero) is 1. The molecule has 11 nitrogen and oxygen atoms in total. The first-order valence-electron chi connectivity index (χ1n) is 13.3. The van der Waals surface area contributed by atoms with E-state index in [4.69, 9.17) is 11.5 Å². The average molecular weight is 656 g/mol. The largest absolute Gasteiger partial charge is 0.370 e. The fraction of sp³-hybridized carbons (Fsp3) is 0.556. The van der Waals surface area contributed by atoms with Crippen molar-refractivity contribution in [3.63, 3.8) is 0 Å². The van der Waals surface area contributed by atoms with Gasteiger partial charge in [0.05, 0.1) is 6.04 Å². The first-order chi connectivity index (χ1) is 18.6. The Bertz CT molecular complexity index is 997. The van der Waals surface area contributed by atoms with Crippen molar-refractivity contribution in [3.8, 4) is 0 Å². The van der Waals surface area contributed by atoms with Crippen molar-refractivity contribution in [1.82, 2.24) is 16.0 Å². The number of hydrogen-bond donors (Lipinski definition) is 5. The fourth-order valence-corrected chi connectivity index (χ4v) is 4.22. The molecule has 1 aromatic carbocycles. The highest BCUT2D eigenvalue weighted by Crippen LogP contribution is 2.09. The number of carbonyl (C=O) groups is 4. The monoisotopic (exact) mass is 655 g/mol. The summed E-state index contributed by atoms with van der Waals surface area (Å²) in [7, 11) is 1.52. The Morgan fingerprint density at radius 3 is 2.05 bits per heavy atom. The van der Waals surface area contributed by atoms with E-state index in [1.165, 1.54) is 7.05 Å². The molecule has 3 unspecified atom stereocenters. The zero-order chi connectivity index (χ0) is 29.2. The Kier molecular flexibility index (Phi) is 16.6. The molecule has 0 aromatic heterocycles. The molecule has 3 atom stereocenters. The number of nitrogens with one attached hydrogen (secondary N) is 3. The zero-order valence-corrected chi connectivity index (χ0v) is 25.2. The minimum atomic E-state index is -0.945. The molecule has 0 aliphatic heterocycles. The molecule has 1 rings (SSSR count). The molecule has 0 aliphatic rings. The minimum Gasteiger partial charge on any atom is -0.370 e. The van der Waals surface area contributed by atoms with E-state index >= 15 is 0 Å². The van der Waals surface area contributed by atoms with Gasteiger partial charge in [-0.15, -0.1) is 0 Å². The summed E-state index contributed by atoms with van der Waals surface area (Å²) in [5, 5.41) is 8.42. The van der Waals surface area contributed by atoms with Gasteiger partial charge in [0.25, 0.3) is 0 Å². The van der Waals surface area contributed by atoms with Crippen LogP contribution in [0.2, 0.25) is 0 Å². The molecule has 3 amide bonds. The molecule has 7 N–H and O–H groups in total. The quantitative estimate of drug-likeness (QED) is 0.0696. The molecule has 0 saturated carbocycles. The van der Waals surface area contributed by atoms with Crippen LogP contribution < -0.4 is 27.4 Å². The number of benzene rings is 1. The first kappa shape index (κ1) is 34.0. The lowest BCUT2D eigenvalue weighted by Crippen LogP contribution is -2.56. The summed E-state index contributed by atoms with van der Waals surface area (Å²) in [4.78, 5) is 59.8. The third-order valence-electron chi connectivity index (χ3n) is 5.86. The van der Waals surface area contributed by atoms with E-state index in [9.17, 15) is 19.2 Å². The maximum Gasteiger partial charge on any atom is 0.243 e. The number of rotatable bonds is 18. The summed E-state index contributed by atoms with van der Waals surface area (Å²) in [5.41, 5.74) is 11.5. The van der Waals surface area contributed by atoms with Gasteiger partial charge in [0.2, 0.25) is 23.5 Å². The molecular formula is C27H42IN7O4. The van der Waals surface area contributed by atoms with E-state index in [0.29, 0.717) is 48.8 Å². The first-order valence-corrected chi connectivity index (χ1v) is 14.4. The number of aliphatic imine (C=N–C) groups is 2. The summed E-state index contributed by atoms with van der Waals surface area (Å²) in [6.07, 6.45) is 3.83. The zero-order valence-electron chi connectivity index (χ0n) is 23.0. The number of carbonyl (C=O) groups excluding carboxylic acids is 4. The number of ketones is 1. The van der Waals surface area contributed by atoms with Crippen LogP contribution in [0.4, 0.5) is 0 Å². The van der Waals surface area contributed by atoms with E-state index in [-0.39, 0.29) is 30.5 Å². The van der Waals surface area contributed by atoms with Crippen molar-refractivity contribution in [2.75, 3.05) is 13.6 Å². The van der Waals surface area contributed by atoms with Gasteiger partial charge in [-0.25, -0.2) is 0 Å². The predicted molar refractivity (Wildman–Crippen MR) is 163 cm³/mol. The minimum absolute atomic E-state index is 0.00633. The Morgan fingerprint density at radius 2 is 1.46 bits per heavy atom. The van der Waals surface area contributed by atoms with Crippen LogP contribution in [0.5, 0.6) is 0 Å². The molecule has 0 saturated heterocycles. The highest BCUT2D eigenvalue weighted by Gasteiger charge is 2.30. The van der Waals surface area contributed by atoms with Crippen molar-refractivity contribution in [2.45, 2.75) is 83.3 Å². The van der Waals surface area contributed by atoms with Gasteiger partial charge in [-0.1, -0.05) is 57.0 Å². The predicted octanol–water partition coefficient (Wildman–Crippen LogP) is 1.76. The second-order valence-electron chi connectivity index (χ2n) is 9.15. The Labute approximate surface area is 244 Å². The molecule has 0 radical (unpaired) electrons. The van der Waals surface area contributed by atoms with E-state index < -0.39 is 29.9 Å². The number of hydrogen-bond acceptors (Lipinski definition) is 6. The van der Waals surface area contributed by atoms with Gasteiger partial charge in [0.15, 0.2) is 5.96 Å². The van der Waals surface area contributed by atoms with Gasteiger partial charge < -0.3 is 27.4 Å². The maximum absolute atomic E-state index is 13.4. The highest BCUT2D eigenvalue weighted by molar-refractivity contribution is 14.1. The van der Waals surface area contributed by atoms with Crippen LogP contribution in [-0.2, 0) is 25.6 Å². The highest BCUT2D eigenvalue weighted by atomic mass is 127. The molecule has 1 aromatic rings. The molecule has 12 heteroatoms. The summed E-state index contributed by atoms with van der Waals surface area (Å²) in [6, 6.07) is 6.79. The normalized spacial score (nSPS) is 13.5. The van der Waals surface area contributed by atoms with Gasteiger partial charge in [-0.2, -0.15) is 0 Å². The van der Waals surface area contributed by atoms with E-state index in [0.717, 1.165) is 5.56 Å². The standard InChI is InChI=1S/C27H42IN7O4/c1-4-11-19(23(37)24(28)31-3)34-26(39)21(17-18-13-7-6-8-14-18)35-25(38)20(12-5-2)33-22(36)15-9-10-16-32-27(29)30/h6-8,13-14,19-21H,4-5,9-12,15-17H2,1-3H3,(H,33,36)(H,34,39)(H,35,38)(H4,29,30,32). The van der Waals surface area contributed by atoms with Crippen molar-refractivity contribution < 1.29 is 19.2 Å².